The Morgan fingerprint density at radius 1 is 1.14 bits per heavy atom. The highest BCUT2D eigenvalue weighted by Gasteiger charge is 2.16. The molecule has 0 saturated heterocycles. The lowest BCUT2D eigenvalue weighted by Crippen LogP contribution is -2.34. The minimum atomic E-state index is 0.460. The number of imidazole rings is 1. The molecule has 1 aromatic carbocycles. The summed E-state index contributed by atoms with van der Waals surface area (Å²) in [5, 5.41) is 0. The molecule has 0 N–H and O–H groups in total. The summed E-state index contributed by atoms with van der Waals surface area (Å²) >= 11 is 0. The van der Waals surface area contributed by atoms with Gasteiger partial charge in [-0.1, -0.05) is 31.0 Å². The first-order chi connectivity index (χ1) is 10.4. The molecule has 0 radical (unpaired) electrons. The number of nitrogens with zero attached hydrogens (tertiary/aromatic N) is 2. The van der Waals surface area contributed by atoms with Gasteiger partial charge in [-0.25, -0.2) is 9.13 Å². The molecule has 1 aliphatic rings. The van der Waals surface area contributed by atoms with Crippen LogP contribution in [0.2, 0.25) is 0 Å². The fourth-order valence-electron chi connectivity index (χ4n) is 2.68. The Labute approximate surface area is 125 Å². The Morgan fingerprint density at radius 3 is 2.76 bits per heavy atom. The van der Waals surface area contributed by atoms with Crippen LogP contribution < -0.4 is 9.30 Å². The SMILES string of the molecule is c1ccc(OCCn2cc[n+](COC3CCCC3)c2)cc1. The van der Waals surface area contributed by atoms with E-state index in [4.69, 9.17) is 9.47 Å². The zero-order valence-corrected chi connectivity index (χ0v) is 12.4. The number of benzene rings is 1. The zero-order chi connectivity index (χ0) is 14.3. The summed E-state index contributed by atoms with van der Waals surface area (Å²) in [5.74, 6) is 0.919. The highest BCUT2D eigenvalue weighted by atomic mass is 16.5. The van der Waals surface area contributed by atoms with Gasteiger partial charge in [0.25, 0.3) is 0 Å². The van der Waals surface area contributed by atoms with E-state index in [9.17, 15) is 0 Å². The van der Waals surface area contributed by atoms with Crippen molar-refractivity contribution in [2.45, 2.75) is 45.1 Å². The molecule has 3 rings (SSSR count). The third-order valence-corrected chi connectivity index (χ3v) is 3.87. The smallest absolute Gasteiger partial charge is 0.245 e. The first kappa shape index (κ1) is 14.1. The summed E-state index contributed by atoms with van der Waals surface area (Å²) in [7, 11) is 0. The van der Waals surface area contributed by atoms with Crippen molar-refractivity contribution in [3.8, 4) is 5.75 Å². The van der Waals surface area contributed by atoms with Crippen molar-refractivity contribution in [2.75, 3.05) is 6.61 Å². The molecule has 0 atom stereocenters. The van der Waals surface area contributed by atoms with E-state index in [1.165, 1.54) is 25.7 Å². The molecular weight excluding hydrogens is 264 g/mol. The number of rotatable bonds is 7. The van der Waals surface area contributed by atoms with E-state index in [-0.39, 0.29) is 0 Å². The van der Waals surface area contributed by atoms with Gasteiger partial charge in [0.05, 0.1) is 6.10 Å². The maximum absolute atomic E-state index is 5.89. The summed E-state index contributed by atoms with van der Waals surface area (Å²) in [5.41, 5.74) is 0. The van der Waals surface area contributed by atoms with Crippen LogP contribution in [0.1, 0.15) is 25.7 Å². The van der Waals surface area contributed by atoms with E-state index >= 15 is 0 Å². The molecule has 0 spiro atoms. The maximum Gasteiger partial charge on any atom is 0.245 e. The zero-order valence-electron chi connectivity index (χ0n) is 12.4. The van der Waals surface area contributed by atoms with Crippen LogP contribution in [-0.4, -0.2) is 17.3 Å². The van der Waals surface area contributed by atoms with Gasteiger partial charge in [-0.3, -0.25) is 0 Å². The summed E-state index contributed by atoms with van der Waals surface area (Å²) in [6.45, 7) is 2.16. The van der Waals surface area contributed by atoms with Crippen LogP contribution >= 0.6 is 0 Å². The van der Waals surface area contributed by atoms with Gasteiger partial charge >= 0.3 is 0 Å². The van der Waals surface area contributed by atoms with Gasteiger partial charge < -0.3 is 9.47 Å². The van der Waals surface area contributed by atoms with Crippen molar-refractivity contribution < 1.29 is 14.0 Å². The molecule has 2 aromatic rings. The fraction of sp³-hybridized carbons (Fsp3) is 0.471. The second-order valence-electron chi connectivity index (χ2n) is 5.53. The molecule has 4 heteroatoms. The standard InChI is InChI=1S/C17H23N2O2/c1-2-6-16(7-3-1)20-13-12-18-10-11-19(14-18)15-21-17-8-4-5-9-17/h1-3,6-7,10-11,14,17H,4-5,8-9,12-13,15H2/q+1. The van der Waals surface area contributed by atoms with Crippen LogP contribution in [0.4, 0.5) is 0 Å². The first-order valence-electron chi connectivity index (χ1n) is 7.74. The van der Waals surface area contributed by atoms with E-state index in [1.54, 1.807) is 0 Å². The number of aromatic nitrogens is 2. The van der Waals surface area contributed by atoms with Gasteiger partial charge in [-0.2, -0.15) is 0 Å². The van der Waals surface area contributed by atoms with Gasteiger partial charge in [0, 0.05) is 0 Å². The lowest BCUT2D eigenvalue weighted by molar-refractivity contribution is -0.734. The number of hydrogen-bond donors (Lipinski definition) is 0. The van der Waals surface area contributed by atoms with Crippen molar-refractivity contribution in [2.24, 2.45) is 0 Å². The van der Waals surface area contributed by atoms with Gasteiger partial charge in [0.15, 0.2) is 6.73 Å². The van der Waals surface area contributed by atoms with Gasteiger partial charge in [-0.05, 0) is 25.0 Å². The summed E-state index contributed by atoms with van der Waals surface area (Å²) in [6.07, 6.45) is 11.7. The molecule has 21 heavy (non-hydrogen) atoms. The Hall–Kier alpha value is -1.81. The summed E-state index contributed by atoms with van der Waals surface area (Å²) < 4.78 is 15.8. The molecule has 1 fully saturated rings. The third-order valence-electron chi connectivity index (χ3n) is 3.87. The van der Waals surface area contributed by atoms with Gasteiger partial charge in [0.2, 0.25) is 6.33 Å². The predicted octanol–water partition coefficient (Wildman–Crippen LogP) is 2.77. The molecule has 1 aliphatic carbocycles. The highest BCUT2D eigenvalue weighted by molar-refractivity contribution is 5.20. The highest BCUT2D eigenvalue weighted by Crippen LogP contribution is 2.20. The van der Waals surface area contributed by atoms with Gasteiger partial charge in [-0.15, -0.1) is 0 Å². The van der Waals surface area contributed by atoms with Crippen LogP contribution in [0.5, 0.6) is 5.75 Å². The topological polar surface area (TPSA) is 27.3 Å². The van der Waals surface area contributed by atoms with Crippen molar-refractivity contribution in [3.05, 3.63) is 49.1 Å². The van der Waals surface area contributed by atoms with E-state index in [2.05, 4.69) is 27.9 Å². The average Bonchev–Trinajstić information content (AvgIpc) is 3.18. The van der Waals surface area contributed by atoms with Crippen LogP contribution in [-0.2, 0) is 18.0 Å². The minimum Gasteiger partial charge on any atom is -0.489 e. The summed E-state index contributed by atoms with van der Waals surface area (Å²) in [6, 6.07) is 9.92. The van der Waals surface area contributed by atoms with Crippen LogP contribution in [0.25, 0.3) is 0 Å². The quantitative estimate of drug-likeness (QED) is 0.732. The Bertz CT molecular complexity index is 533. The molecule has 1 saturated carbocycles. The molecule has 0 bridgehead atoms. The third kappa shape index (κ3) is 4.33. The number of ether oxygens (including phenoxy) is 2. The molecule has 4 nitrogen and oxygen atoms in total. The monoisotopic (exact) mass is 287 g/mol. The minimum absolute atomic E-state index is 0.460. The summed E-state index contributed by atoms with van der Waals surface area (Å²) in [4.78, 5) is 0. The van der Waals surface area contributed by atoms with Crippen LogP contribution in [0.15, 0.2) is 49.1 Å². The van der Waals surface area contributed by atoms with Crippen molar-refractivity contribution in [1.82, 2.24) is 4.57 Å². The number of para-hydroxylation sites is 1. The molecule has 0 unspecified atom stereocenters. The molecule has 112 valence electrons. The normalized spacial score (nSPS) is 15.4. The molecule has 0 aliphatic heterocycles. The lowest BCUT2D eigenvalue weighted by Gasteiger charge is -2.07. The van der Waals surface area contributed by atoms with Gasteiger partial charge in [0.1, 0.15) is 31.3 Å². The van der Waals surface area contributed by atoms with Crippen molar-refractivity contribution >= 4 is 0 Å². The first-order valence-corrected chi connectivity index (χ1v) is 7.74. The molecular formula is C17H23N2O2+. The largest absolute Gasteiger partial charge is 0.489 e. The number of hydrogen-bond acceptors (Lipinski definition) is 2. The molecule has 1 heterocycles. The van der Waals surface area contributed by atoms with E-state index in [1.807, 2.05) is 30.3 Å². The Balaban J connectivity index is 1.40. The second kappa shape index (κ2) is 7.27. The van der Waals surface area contributed by atoms with Crippen LogP contribution in [0, 0.1) is 0 Å². The Kier molecular flexibility index (Phi) is 4.90. The second-order valence-corrected chi connectivity index (χ2v) is 5.53. The van der Waals surface area contributed by atoms with E-state index in [0.29, 0.717) is 19.4 Å². The van der Waals surface area contributed by atoms with E-state index < -0.39 is 0 Å². The molecule has 1 aromatic heterocycles. The lowest BCUT2D eigenvalue weighted by atomic mass is 10.3. The van der Waals surface area contributed by atoms with Crippen molar-refractivity contribution in [3.63, 3.8) is 0 Å². The fourth-order valence-corrected chi connectivity index (χ4v) is 2.68. The van der Waals surface area contributed by atoms with E-state index in [0.717, 1.165) is 12.3 Å². The van der Waals surface area contributed by atoms with Crippen molar-refractivity contribution in [1.29, 1.82) is 0 Å². The van der Waals surface area contributed by atoms with Crippen LogP contribution in [0.3, 0.4) is 0 Å². The molecule has 0 amide bonds. The average molecular weight is 287 g/mol. The Morgan fingerprint density at radius 2 is 1.95 bits per heavy atom. The maximum atomic E-state index is 5.89. The predicted molar refractivity (Wildman–Crippen MR) is 79.9 cm³/mol.